The Hall–Kier alpha value is -4.70. The Kier molecular flexibility index (Phi) is 10.3. The average molecular weight is 714 g/mol. The molecule has 1 aliphatic carbocycles. The number of nitrogens with zero attached hydrogens (tertiary/aromatic N) is 4. The van der Waals surface area contributed by atoms with Crippen molar-refractivity contribution in [1.82, 2.24) is 20.1 Å². The van der Waals surface area contributed by atoms with Crippen LogP contribution in [0, 0.1) is 32.6 Å². The van der Waals surface area contributed by atoms with Gasteiger partial charge in [-0.2, -0.15) is 0 Å². The minimum absolute atomic E-state index is 0.0340. The molecule has 258 valence electrons. The molecule has 0 unspecified atom stereocenters. The number of carbonyl (C=O) groups is 3. The largest absolute Gasteiger partial charge is 0.356 e. The molecule has 4 N–H and O–H groups in total. The molecule has 3 heterocycles. The fraction of sp³-hybridized carbons (Fsp3) is 0.351. The maximum Gasteiger partial charge on any atom is 0.224 e. The van der Waals surface area contributed by atoms with E-state index in [1.165, 1.54) is 6.07 Å². The molecule has 1 saturated carbocycles. The highest BCUT2D eigenvalue weighted by molar-refractivity contribution is 7.15. The van der Waals surface area contributed by atoms with Gasteiger partial charge in [0, 0.05) is 50.8 Å². The van der Waals surface area contributed by atoms with E-state index in [1.54, 1.807) is 23.5 Å². The summed E-state index contributed by atoms with van der Waals surface area (Å²) in [6.07, 6.45) is 1.60. The summed E-state index contributed by atoms with van der Waals surface area (Å²) < 4.78 is 16.9. The van der Waals surface area contributed by atoms with Crippen molar-refractivity contribution < 1.29 is 18.8 Å². The molecule has 0 spiro atoms. The van der Waals surface area contributed by atoms with Crippen LogP contribution in [-0.2, 0) is 9.59 Å². The van der Waals surface area contributed by atoms with Gasteiger partial charge in [0.1, 0.15) is 16.9 Å². The van der Waals surface area contributed by atoms with Crippen molar-refractivity contribution in [2.45, 2.75) is 71.0 Å². The Morgan fingerprint density at radius 3 is 2.56 bits per heavy atom. The number of alkyl halides is 1. The number of amides is 2. The van der Waals surface area contributed by atoms with E-state index >= 15 is 0 Å². The Balaban J connectivity index is 1.10. The second-order valence-electron chi connectivity index (χ2n) is 12.5. The molecule has 1 aliphatic heterocycles. The number of hydrogen-bond acceptors (Lipinski definition) is 8. The molecule has 0 saturated heterocycles. The van der Waals surface area contributed by atoms with Crippen LogP contribution in [0.4, 0.5) is 10.1 Å². The Morgan fingerprint density at radius 2 is 1.86 bits per heavy atom. The minimum atomic E-state index is -1.86. The zero-order valence-corrected chi connectivity index (χ0v) is 29.6. The summed E-state index contributed by atoms with van der Waals surface area (Å²) in [6.45, 7) is 6.37. The smallest absolute Gasteiger partial charge is 0.224 e. The molecule has 0 radical (unpaired) electrons. The standard InChI is InChI=1S/C37H37ClFN7O3S/c1-21-22(2)50-36-32(21)33(24-9-11-26(38)12-10-24)43-29(35-45-44-23(3)46(35)36)20-31(48)41-18-5-8-30(47)42-27-13-14-28(25(19-27)7-4-17-40)34(49)37(39)15-6-16-37/h9-14,19,29H,5-6,8,15-18,20,40H2,1-3H3,(H,41,48)(H,42,47)/t29-/m0/s1. The third-order valence-electron chi connectivity index (χ3n) is 9.06. The van der Waals surface area contributed by atoms with E-state index < -0.39 is 17.5 Å². The van der Waals surface area contributed by atoms with E-state index in [9.17, 15) is 18.8 Å². The van der Waals surface area contributed by atoms with Gasteiger partial charge in [-0.05, 0) is 82.3 Å². The molecule has 4 aromatic rings. The first-order chi connectivity index (χ1) is 24.0. The van der Waals surface area contributed by atoms with Crippen molar-refractivity contribution in [3.05, 3.63) is 91.8 Å². The lowest BCUT2D eigenvalue weighted by molar-refractivity contribution is -0.122. The molecule has 2 amide bonds. The number of halogens is 2. The Bertz CT molecular complexity index is 2070. The highest BCUT2D eigenvalue weighted by atomic mass is 35.5. The zero-order chi connectivity index (χ0) is 35.6. The van der Waals surface area contributed by atoms with Crippen LogP contribution < -0.4 is 16.4 Å². The van der Waals surface area contributed by atoms with E-state index in [2.05, 4.69) is 46.5 Å². The summed E-state index contributed by atoms with van der Waals surface area (Å²) in [5.41, 5.74) is 8.33. The molecular weight excluding hydrogens is 677 g/mol. The lowest BCUT2D eigenvalue weighted by atomic mass is 9.76. The summed E-state index contributed by atoms with van der Waals surface area (Å²) in [7, 11) is 0. The number of aromatic nitrogens is 3. The molecular formula is C37H37ClFN7O3S. The summed E-state index contributed by atoms with van der Waals surface area (Å²) in [5.74, 6) is 5.73. The van der Waals surface area contributed by atoms with Crippen LogP contribution in [0.2, 0.25) is 5.02 Å². The van der Waals surface area contributed by atoms with Gasteiger partial charge in [0.15, 0.2) is 11.5 Å². The van der Waals surface area contributed by atoms with Crippen molar-refractivity contribution in [2.24, 2.45) is 10.7 Å². The number of fused-ring (bicyclic) bond motifs is 3. The van der Waals surface area contributed by atoms with Crippen LogP contribution in [0.3, 0.4) is 0 Å². The predicted molar refractivity (Wildman–Crippen MR) is 193 cm³/mol. The first-order valence-corrected chi connectivity index (χ1v) is 17.7. The molecule has 6 rings (SSSR count). The third-order valence-corrected chi connectivity index (χ3v) is 10.5. The fourth-order valence-corrected chi connectivity index (χ4v) is 7.45. The molecule has 0 bridgehead atoms. The molecule has 10 nitrogen and oxygen atoms in total. The highest BCUT2D eigenvalue weighted by Gasteiger charge is 2.45. The maximum absolute atomic E-state index is 14.9. The number of nitrogens with one attached hydrogen (secondary N) is 2. The summed E-state index contributed by atoms with van der Waals surface area (Å²) in [6, 6.07) is 11.5. The third kappa shape index (κ3) is 7.12. The molecule has 13 heteroatoms. The van der Waals surface area contributed by atoms with Gasteiger partial charge in [0.05, 0.1) is 18.7 Å². The number of thiophene rings is 1. The number of hydrogen-bond donors (Lipinski definition) is 3. The van der Waals surface area contributed by atoms with E-state index in [1.807, 2.05) is 35.8 Å². The molecule has 1 fully saturated rings. The molecule has 50 heavy (non-hydrogen) atoms. The second kappa shape index (κ2) is 14.6. The first kappa shape index (κ1) is 35.1. The summed E-state index contributed by atoms with van der Waals surface area (Å²) in [4.78, 5) is 45.2. The van der Waals surface area contributed by atoms with Gasteiger partial charge in [-0.1, -0.05) is 35.6 Å². The number of ketones is 1. The second-order valence-corrected chi connectivity index (χ2v) is 14.2. The van der Waals surface area contributed by atoms with Crippen LogP contribution in [0.25, 0.3) is 5.00 Å². The van der Waals surface area contributed by atoms with Gasteiger partial charge in [-0.15, -0.1) is 21.5 Å². The van der Waals surface area contributed by atoms with Gasteiger partial charge in [-0.3, -0.25) is 23.9 Å². The SMILES string of the molecule is Cc1sc2c(c1C)C(c1ccc(Cl)cc1)=N[C@@H](CC(=O)NCCCC(=O)Nc1ccc(C(=O)C3(F)CCC3)c(C#CCN)c1)c1nnc(C)n1-2. The van der Waals surface area contributed by atoms with Crippen LogP contribution in [0.5, 0.6) is 0 Å². The quantitative estimate of drug-likeness (QED) is 0.103. The van der Waals surface area contributed by atoms with Crippen molar-refractivity contribution >= 4 is 51.9 Å². The first-order valence-electron chi connectivity index (χ1n) is 16.5. The number of anilines is 1. The number of nitrogens with two attached hydrogens (primary N) is 1. The van der Waals surface area contributed by atoms with Crippen LogP contribution in [0.1, 0.15) is 93.7 Å². The van der Waals surface area contributed by atoms with Crippen molar-refractivity contribution in [3.63, 3.8) is 0 Å². The summed E-state index contributed by atoms with van der Waals surface area (Å²) in [5, 5.41) is 16.1. The Labute approximate surface area is 298 Å². The number of aliphatic imine (C=N–C) groups is 1. The highest BCUT2D eigenvalue weighted by Crippen LogP contribution is 2.41. The number of aryl methyl sites for hydroxylation is 2. The van der Waals surface area contributed by atoms with Crippen molar-refractivity contribution in [1.29, 1.82) is 0 Å². The van der Waals surface area contributed by atoms with Gasteiger partial charge >= 0.3 is 0 Å². The lowest BCUT2D eigenvalue weighted by Crippen LogP contribution is -2.41. The predicted octanol–water partition coefficient (Wildman–Crippen LogP) is 6.11. The average Bonchev–Trinajstić information content (AvgIpc) is 3.56. The monoisotopic (exact) mass is 713 g/mol. The van der Waals surface area contributed by atoms with Gasteiger partial charge < -0.3 is 16.4 Å². The van der Waals surface area contributed by atoms with E-state index in [0.29, 0.717) is 40.8 Å². The van der Waals surface area contributed by atoms with Crippen molar-refractivity contribution in [2.75, 3.05) is 18.4 Å². The van der Waals surface area contributed by atoms with Gasteiger partial charge in [-0.25, -0.2) is 4.39 Å². The van der Waals surface area contributed by atoms with E-state index in [0.717, 1.165) is 32.3 Å². The van der Waals surface area contributed by atoms with Crippen LogP contribution in [0.15, 0.2) is 47.5 Å². The zero-order valence-electron chi connectivity index (χ0n) is 28.0. The maximum atomic E-state index is 14.9. The van der Waals surface area contributed by atoms with Crippen LogP contribution >= 0.6 is 22.9 Å². The van der Waals surface area contributed by atoms with Crippen molar-refractivity contribution in [3.8, 4) is 16.8 Å². The molecule has 1 atom stereocenters. The fourth-order valence-electron chi connectivity index (χ4n) is 6.11. The molecule has 2 aromatic carbocycles. The Morgan fingerprint density at radius 1 is 1.10 bits per heavy atom. The lowest BCUT2D eigenvalue weighted by Gasteiger charge is -2.32. The van der Waals surface area contributed by atoms with E-state index in [-0.39, 0.29) is 56.2 Å². The van der Waals surface area contributed by atoms with E-state index in [4.69, 9.17) is 22.3 Å². The number of carbonyl (C=O) groups excluding carboxylic acids is 3. The van der Waals surface area contributed by atoms with Gasteiger partial charge in [0.25, 0.3) is 0 Å². The normalized spacial score (nSPS) is 15.7. The summed E-state index contributed by atoms with van der Waals surface area (Å²) >= 11 is 7.84. The molecule has 2 aliphatic rings. The molecule has 2 aromatic heterocycles. The number of benzene rings is 2. The van der Waals surface area contributed by atoms with Gasteiger partial charge in [0.2, 0.25) is 17.6 Å². The topological polar surface area (TPSA) is 144 Å². The minimum Gasteiger partial charge on any atom is -0.356 e. The van der Waals surface area contributed by atoms with Crippen LogP contribution in [-0.4, -0.2) is 56.8 Å². The number of rotatable bonds is 10. The number of Topliss-reactive ketones (excluding diaryl/α,β-unsaturated/α-hetero) is 1.